The van der Waals surface area contributed by atoms with E-state index in [4.69, 9.17) is 4.74 Å². The number of ether oxygens (including phenoxy) is 1. The highest BCUT2D eigenvalue weighted by Gasteiger charge is 2.35. The summed E-state index contributed by atoms with van der Waals surface area (Å²) < 4.78 is 5.90. The van der Waals surface area contributed by atoms with Crippen molar-refractivity contribution in [2.75, 3.05) is 45.6 Å². The number of aliphatic imine (C=N–C) groups is 1. The second kappa shape index (κ2) is 11.2. The maximum atomic E-state index is 5.59. The first-order chi connectivity index (χ1) is 11.6. The summed E-state index contributed by atoms with van der Waals surface area (Å²) in [7, 11) is 1.93. The molecule has 0 aromatic rings. The van der Waals surface area contributed by atoms with Crippen molar-refractivity contribution < 1.29 is 4.74 Å². The molecule has 1 unspecified atom stereocenters. The number of piperidine rings is 1. The lowest BCUT2D eigenvalue weighted by Gasteiger charge is -2.43. The van der Waals surface area contributed by atoms with Crippen molar-refractivity contribution >= 4 is 41.7 Å². The van der Waals surface area contributed by atoms with Gasteiger partial charge in [-0.15, -0.1) is 24.0 Å². The van der Waals surface area contributed by atoms with Gasteiger partial charge in [0.25, 0.3) is 0 Å². The number of guanidine groups is 1. The molecule has 0 aromatic heterocycles. The monoisotopic (exact) mass is 483 g/mol. The third kappa shape index (κ3) is 6.76. The highest BCUT2D eigenvalue weighted by Crippen LogP contribution is 2.36. The molecule has 2 saturated heterocycles. The fraction of sp³-hybridized carbons (Fsp3) is 0.947. The summed E-state index contributed by atoms with van der Waals surface area (Å²) >= 11 is 2.09. The molecule has 25 heavy (non-hydrogen) atoms. The van der Waals surface area contributed by atoms with E-state index < -0.39 is 0 Å². The third-order valence-electron chi connectivity index (χ3n) is 5.57. The largest absolute Gasteiger partial charge is 0.381 e. The van der Waals surface area contributed by atoms with Gasteiger partial charge in [-0.1, -0.05) is 27.2 Å². The minimum atomic E-state index is 0. The van der Waals surface area contributed by atoms with Gasteiger partial charge in [-0.2, -0.15) is 11.8 Å². The van der Waals surface area contributed by atoms with Crippen LogP contribution in [0.2, 0.25) is 0 Å². The van der Waals surface area contributed by atoms with E-state index in [1.54, 1.807) is 0 Å². The number of nitrogens with zero attached hydrogens (tertiary/aromatic N) is 2. The number of hydrogen-bond donors (Lipinski definition) is 1. The predicted molar refractivity (Wildman–Crippen MR) is 122 cm³/mol. The normalized spacial score (nSPS) is 26.9. The van der Waals surface area contributed by atoms with Crippen molar-refractivity contribution in [3.63, 3.8) is 0 Å². The molecular formula is C19H38IN3OS. The molecule has 148 valence electrons. The molecule has 0 amide bonds. The molecule has 2 aliphatic heterocycles. The number of hydrogen-bond acceptors (Lipinski definition) is 3. The third-order valence-corrected chi connectivity index (χ3v) is 7.02. The maximum Gasteiger partial charge on any atom is 0.193 e. The number of thioether (sulfide) groups is 1. The summed E-state index contributed by atoms with van der Waals surface area (Å²) in [6.45, 7) is 12.1. The lowest BCUT2D eigenvalue weighted by atomic mass is 9.78. The van der Waals surface area contributed by atoms with Gasteiger partial charge >= 0.3 is 0 Å². The molecule has 0 saturated carbocycles. The molecule has 1 atom stereocenters. The quantitative estimate of drug-likeness (QED) is 0.346. The van der Waals surface area contributed by atoms with Crippen LogP contribution >= 0.6 is 35.7 Å². The molecule has 2 rings (SSSR count). The van der Waals surface area contributed by atoms with E-state index in [1.165, 1.54) is 31.4 Å². The summed E-state index contributed by atoms with van der Waals surface area (Å²) in [6.07, 6.45) is 7.49. The lowest BCUT2D eigenvalue weighted by Crippen LogP contribution is -2.53. The van der Waals surface area contributed by atoms with Crippen molar-refractivity contribution in [3.8, 4) is 0 Å². The van der Waals surface area contributed by atoms with Crippen LogP contribution in [-0.2, 0) is 4.74 Å². The van der Waals surface area contributed by atoms with Crippen LogP contribution in [0.4, 0.5) is 0 Å². The summed E-state index contributed by atoms with van der Waals surface area (Å²) in [5.41, 5.74) is 0.444. The summed E-state index contributed by atoms with van der Waals surface area (Å²) in [5, 5.41) is 3.71. The van der Waals surface area contributed by atoms with Crippen molar-refractivity contribution in [2.45, 2.75) is 64.0 Å². The minimum absolute atomic E-state index is 0. The maximum absolute atomic E-state index is 5.59. The first kappa shape index (κ1) is 23.3. The van der Waals surface area contributed by atoms with Gasteiger partial charge in [0.15, 0.2) is 5.96 Å². The number of rotatable bonds is 6. The fourth-order valence-corrected chi connectivity index (χ4v) is 5.54. The van der Waals surface area contributed by atoms with E-state index in [2.05, 4.69) is 47.7 Å². The van der Waals surface area contributed by atoms with Crippen LogP contribution in [0.3, 0.4) is 0 Å². The van der Waals surface area contributed by atoms with E-state index in [0.717, 1.165) is 51.6 Å². The van der Waals surface area contributed by atoms with Crippen LogP contribution in [0.15, 0.2) is 4.99 Å². The minimum Gasteiger partial charge on any atom is -0.381 e. The molecule has 0 aromatic carbocycles. The van der Waals surface area contributed by atoms with Gasteiger partial charge in [-0.05, 0) is 43.3 Å². The Hall–Kier alpha value is 0.310. The molecule has 0 spiro atoms. The Balaban J connectivity index is 0.00000312. The van der Waals surface area contributed by atoms with E-state index in [-0.39, 0.29) is 24.0 Å². The van der Waals surface area contributed by atoms with Gasteiger partial charge < -0.3 is 15.0 Å². The zero-order valence-corrected chi connectivity index (χ0v) is 19.8. The average molecular weight is 484 g/mol. The van der Waals surface area contributed by atoms with Crippen LogP contribution in [0.5, 0.6) is 0 Å². The average Bonchev–Trinajstić information content (AvgIpc) is 2.56. The van der Waals surface area contributed by atoms with Crippen LogP contribution < -0.4 is 5.32 Å². The molecule has 6 heteroatoms. The SMILES string of the molecule is CCCC1(C)CCCN(C(=NC)NCC2(SCC)CCOCC2)C1.I. The molecular weight excluding hydrogens is 445 g/mol. The van der Waals surface area contributed by atoms with E-state index in [1.807, 2.05) is 7.05 Å². The Labute approximate surface area is 176 Å². The number of likely N-dealkylation sites (tertiary alicyclic amines) is 1. The summed E-state index contributed by atoms with van der Waals surface area (Å²) in [4.78, 5) is 7.09. The molecule has 2 fully saturated rings. The van der Waals surface area contributed by atoms with Crippen LogP contribution in [0.25, 0.3) is 0 Å². The molecule has 4 nitrogen and oxygen atoms in total. The highest BCUT2D eigenvalue weighted by molar-refractivity contribution is 14.0. The molecule has 1 N–H and O–H groups in total. The first-order valence-corrected chi connectivity index (χ1v) is 10.7. The van der Waals surface area contributed by atoms with E-state index in [0.29, 0.717) is 10.2 Å². The fourth-order valence-electron chi connectivity index (χ4n) is 4.30. The van der Waals surface area contributed by atoms with Crippen LogP contribution in [-0.4, -0.2) is 61.3 Å². The van der Waals surface area contributed by atoms with Gasteiger partial charge in [-0.25, -0.2) is 0 Å². The standard InChI is InChI=1S/C19H37N3OS.HI/c1-5-8-18(3)9-7-12-22(16-18)17(20-4)21-15-19(24-6-2)10-13-23-14-11-19;/h5-16H2,1-4H3,(H,20,21);1H. The molecule has 0 aliphatic carbocycles. The topological polar surface area (TPSA) is 36.9 Å². The Kier molecular flexibility index (Phi) is 10.5. The zero-order chi connectivity index (χ0) is 17.5. The van der Waals surface area contributed by atoms with Crippen molar-refractivity contribution in [3.05, 3.63) is 0 Å². The van der Waals surface area contributed by atoms with Gasteiger partial charge in [0.05, 0.1) is 0 Å². The molecule has 2 aliphatic rings. The Morgan fingerprint density at radius 1 is 1.24 bits per heavy atom. The first-order valence-electron chi connectivity index (χ1n) is 9.74. The van der Waals surface area contributed by atoms with E-state index in [9.17, 15) is 0 Å². The van der Waals surface area contributed by atoms with Gasteiger partial charge in [-0.3, -0.25) is 4.99 Å². The number of nitrogens with one attached hydrogen (secondary N) is 1. The summed E-state index contributed by atoms with van der Waals surface area (Å²) in [5.74, 6) is 2.26. The lowest BCUT2D eigenvalue weighted by molar-refractivity contribution is 0.0777. The van der Waals surface area contributed by atoms with E-state index >= 15 is 0 Å². The van der Waals surface area contributed by atoms with Crippen LogP contribution in [0.1, 0.15) is 59.3 Å². The highest BCUT2D eigenvalue weighted by atomic mass is 127. The zero-order valence-electron chi connectivity index (χ0n) is 16.6. The second-order valence-electron chi connectivity index (χ2n) is 7.71. The molecule has 2 heterocycles. The van der Waals surface area contributed by atoms with Gasteiger partial charge in [0, 0.05) is 44.6 Å². The van der Waals surface area contributed by atoms with Crippen molar-refractivity contribution in [1.29, 1.82) is 0 Å². The summed E-state index contributed by atoms with van der Waals surface area (Å²) in [6, 6.07) is 0. The predicted octanol–water partition coefficient (Wildman–Crippen LogP) is 4.38. The van der Waals surface area contributed by atoms with Gasteiger partial charge in [0.1, 0.15) is 0 Å². The molecule has 0 radical (unpaired) electrons. The Morgan fingerprint density at radius 3 is 2.56 bits per heavy atom. The molecule has 0 bridgehead atoms. The Morgan fingerprint density at radius 2 is 1.96 bits per heavy atom. The Bertz CT molecular complexity index is 406. The smallest absolute Gasteiger partial charge is 0.193 e. The van der Waals surface area contributed by atoms with Crippen molar-refractivity contribution in [1.82, 2.24) is 10.2 Å². The van der Waals surface area contributed by atoms with Gasteiger partial charge in [0.2, 0.25) is 0 Å². The second-order valence-corrected chi connectivity index (χ2v) is 9.45. The van der Waals surface area contributed by atoms with Crippen molar-refractivity contribution in [2.24, 2.45) is 10.4 Å². The number of halogens is 1. The van der Waals surface area contributed by atoms with Crippen LogP contribution in [0, 0.1) is 5.41 Å².